The molecule has 4 N–H and O–H groups in total. The Morgan fingerprint density at radius 2 is 1.86 bits per heavy atom. The highest BCUT2D eigenvalue weighted by atomic mass is 16.4. The maximum atomic E-state index is 11.2. The van der Waals surface area contributed by atoms with Crippen LogP contribution in [-0.4, -0.2) is 32.5 Å². The quantitative estimate of drug-likeness (QED) is 0.478. The van der Waals surface area contributed by atoms with Crippen molar-refractivity contribution in [3.8, 4) is 11.5 Å². The van der Waals surface area contributed by atoms with Crippen LogP contribution in [-0.2, 0) is 6.42 Å². The molecule has 0 heterocycles. The van der Waals surface area contributed by atoms with E-state index in [9.17, 15) is 20.1 Å². The van der Waals surface area contributed by atoms with Crippen LogP contribution in [0.3, 0.4) is 0 Å². The van der Waals surface area contributed by atoms with Crippen molar-refractivity contribution in [2.24, 2.45) is 0 Å². The van der Waals surface area contributed by atoms with Crippen molar-refractivity contribution in [3.63, 3.8) is 0 Å². The molecule has 120 valence electrons. The highest BCUT2D eigenvalue weighted by molar-refractivity contribution is 5.90. The zero-order valence-electron chi connectivity index (χ0n) is 13.0. The molecular formula is C17H22O5. The molecule has 0 amide bonds. The fraction of sp³-hybridized carbons (Fsp3) is 0.353. The van der Waals surface area contributed by atoms with Crippen molar-refractivity contribution >= 4 is 5.97 Å². The first-order chi connectivity index (χ1) is 10.2. The van der Waals surface area contributed by atoms with Crippen LogP contribution in [0, 0.1) is 0 Å². The first-order valence-corrected chi connectivity index (χ1v) is 6.98. The van der Waals surface area contributed by atoms with Crippen molar-refractivity contribution in [2.45, 2.75) is 39.7 Å². The van der Waals surface area contributed by atoms with E-state index >= 15 is 0 Å². The van der Waals surface area contributed by atoms with Gasteiger partial charge in [-0.1, -0.05) is 23.3 Å². The van der Waals surface area contributed by atoms with E-state index in [1.807, 2.05) is 20.8 Å². The fourth-order valence-corrected chi connectivity index (χ4v) is 2.16. The number of rotatable bonds is 6. The molecule has 0 spiro atoms. The molecular weight excluding hydrogens is 284 g/mol. The van der Waals surface area contributed by atoms with Gasteiger partial charge in [0.15, 0.2) is 11.5 Å². The van der Waals surface area contributed by atoms with Gasteiger partial charge in [-0.3, -0.25) is 0 Å². The predicted molar refractivity (Wildman–Crippen MR) is 84.2 cm³/mol. The number of aliphatic hydroxyl groups excluding tert-OH is 1. The number of hydrogen-bond acceptors (Lipinski definition) is 4. The van der Waals surface area contributed by atoms with Crippen LogP contribution in [0.1, 0.15) is 43.1 Å². The summed E-state index contributed by atoms with van der Waals surface area (Å²) in [5, 5.41) is 38.3. The molecule has 5 heteroatoms. The van der Waals surface area contributed by atoms with Crippen LogP contribution in [0.5, 0.6) is 11.5 Å². The van der Waals surface area contributed by atoms with Gasteiger partial charge in [-0.05, 0) is 45.7 Å². The molecule has 0 aliphatic carbocycles. The van der Waals surface area contributed by atoms with Crippen molar-refractivity contribution in [2.75, 3.05) is 0 Å². The largest absolute Gasteiger partial charge is 0.504 e. The summed E-state index contributed by atoms with van der Waals surface area (Å²) in [6.07, 6.45) is 3.47. The molecule has 22 heavy (non-hydrogen) atoms. The fourth-order valence-electron chi connectivity index (χ4n) is 2.16. The lowest BCUT2D eigenvalue weighted by Gasteiger charge is -2.10. The second-order valence-corrected chi connectivity index (χ2v) is 5.53. The summed E-state index contributed by atoms with van der Waals surface area (Å²) in [6.45, 7) is 5.61. The molecule has 1 aromatic rings. The SMILES string of the molecule is CC(C)=CC(O)CC(C)=CCc1c(C(=O)O)ccc(O)c1O. The summed E-state index contributed by atoms with van der Waals surface area (Å²) >= 11 is 0. The van der Waals surface area contributed by atoms with E-state index in [0.29, 0.717) is 6.42 Å². The lowest BCUT2D eigenvalue weighted by Crippen LogP contribution is -2.05. The van der Waals surface area contributed by atoms with Crippen molar-refractivity contribution < 1.29 is 25.2 Å². The number of benzene rings is 1. The summed E-state index contributed by atoms with van der Waals surface area (Å²) in [6, 6.07) is 2.41. The minimum Gasteiger partial charge on any atom is -0.504 e. The molecule has 0 aromatic heterocycles. The minimum absolute atomic E-state index is 0.0517. The number of aliphatic hydroxyl groups is 1. The number of phenols is 2. The first-order valence-electron chi connectivity index (χ1n) is 6.98. The number of phenolic OH excluding ortho intramolecular Hbond substituents is 2. The molecule has 1 rings (SSSR count). The highest BCUT2D eigenvalue weighted by Crippen LogP contribution is 2.32. The first kappa shape index (κ1) is 17.8. The number of carbonyl (C=O) groups is 1. The number of carboxylic acids is 1. The summed E-state index contributed by atoms with van der Waals surface area (Å²) in [7, 11) is 0. The van der Waals surface area contributed by atoms with E-state index in [4.69, 9.17) is 5.11 Å². The predicted octanol–water partition coefficient (Wildman–Crippen LogP) is 3.00. The van der Waals surface area contributed by atoms with Gasteiger partial charge in [0, 0.05) is 5.56 Å². The zero-order chi connectivity index (χ0) is 16.9. The van der Waals surface area contributed by atoms with E-state index < -0.39 is 17.8 Å². The summed E-state index contributed by atoms with van der Waals surface area (Å²) in [5.41, 5.74) is 1.98. The van der Waals surface area contributed by atoms with Gasteiger partial charge in [0.05, 0.1) is 11.7 Å². The topological polar surface area (TPSA) is 98.0 Å². The van der Waals surface area contributed by atoms with Gasteiger partial charge >= 0.3 is 5.97 Å². The number of aromatic hydroxyl groups is 2. The number of aromatic carboxylic acids is 1. The van der Waals surface area contributed by atoms with E-state index in [0.717, 1.165) is 17.2 Å². The standard InChI is InChI=1S/C17H22O5/c1-10(2)8-12(18)9-11(3)4-5-13-14(17(21)22)6-7-15(19)16(13)20/h4,6-8,12,18-20H,5,9H2,1-3H3,(H,21,22). The molecule has 1 aromatic carbocycles. The second kappa shape index (κ2) is 7.66. The third kappa shape index (κ3) is 4.93. The van der Waals surface area contributed by atoms with Crippen LogP contribution in [0.15, 0.2) is 35.4 Å². The third-order valence-electron chi connectivity index (χ3n) is 3.20. The molecule has 0 bridgehead atoms. The Hall–Kier alpha value is -2.27. The Bertz CT molecular complexity index is 610. The Morgan fingerprint density at radius 1 is 1.23 bits per heavy atom. The van der Waals surface area contributed by atoms with Gasteiger partial charge in [0.25, 0.3) is 0 Å². The minimum atomic E-state index is -1.17. The van der Waals surface area contributed by atoms with Crippen molar-refractivity contribution in [1.29, 1.82) is 0 Å². The Kier molecular flexibility index (Phi) is 6.19. The molecule has 0 saturated heterocycles. The molecule has 5 nitrogen and oxygen atoms in total. The summed E-state index contributed by atoms with van der Waals surface area (Å²) in [4.78, 5) is 11.2. The number of allylic oxidation sites excluding steroid dienone is 2. The monoisotopic (exact) mass is 306 g/mol. The lowest BCUT2D eigenvalue weighted by atomic mass is 9.99. The molecule has 0 aliphatic heterocycles. The van der Waals surface area contributed by atoms with E-state index in [-0.39, 0.29) is 23.3 Å². The highest BCUT2D eigenvalue weighted by Gasteiger charge is 2.16. The van der Waals surface area contributed by atoms with Crippen LogP contribution in [0.25, 0.3) is 0 Å². The van der Waals surface area contributed by atoms with Gasteiger partial charge < -0.3 is 20.4 Å². The third-order valence-corrected chi connectivity index (χ3v) is 3.20. The van der Waals surface area contributed by atoms with E-state index in [1.54, 1.807) is 12.2 Å². The van der Waals surface area contributed by atoms with Gasteiger partial charge in [0.1, 0.15) is 0 Å². The van der Waals surface area contributed by atoms with Gasteiger partial charge in [0.2, 0.25) is 0 Å². The number of carboxylic acid groups (broad SMARTS) is 1. The van der Waals surface area contributed by atoms with Crippen LogP contribution in [0.2, 0.25) is 0 Å². The smallest absolute Gasteiger partial charge is 0.336 e. The van der Waals surface area contributed by atoms with Crippen molar-refractivity contribution in [3.05, 3.63) is 46.6 Å². The number of hydrogen-bond donors (Lipinski definition) is 4. The van der Waals surface area contributed by atoms with Crippen molar-refractivity contribution in [1.82, 2.24) is 0 Å². The molecule has 0 fully saturated rings. The normalized spacial score (nSPS) is 12.8. The molecule has 0 radical (unpaired) electrons. The maximum absolute atomic E-state index is 11.2. The van der Waals surface area contributed by atoms with Crippen LogP contribution < -0.4 is 0 Å². The maximum Gasteiger partial charge on any atom is 0.336 e. The molecule has 0 aliphatic rings. The van der Waals surface area contributed by atoms with Gasteiger partial charge in [-0.15, -0.1) is 0 Å². The molecule has 1 atom stereocenters. The molecule has 0 saturated carbocycles. The van der Waals surface area contributed by atoms with Crippen LogP contribution >= 0.6 is 0 Å². The average molecular weight is 306 g/mol. The Balaban J connectivity index is 2.95. The average Bonchev–Trinajstić information content (AvgIpc) is 2.38. The van der Waals surface area contributed by atoms with E-state index in [1.165, 1.54) is 6.07 Å². The lowest BCUT2D eigenvalue weighted by molar-refractivity contribution is 0.0695. The van der Waals surface area contributed by atoms with Crippen LogP contribution in [0.4, 0.5) is 0 Å². The van der Waals surface area contributed by atoms with Gasteiger partial charge in [-0.2, -0.15) is 0 Å². The summed E-state index contributed by atoms with van der Waals surface area (Å²) in [5.74, 6) is -1.94. The zero-order valence-corrected chi connectivity index (χ0v) is 13.0. The Labute approximate surface area is 129 Å². The van der Waals surface area contributed by atoms with E-state index in [2.05, 4.69) is 0 Å². The molecule has 1 unspecified atom stereocenters. The van der Waals surface area contributed by atoms with Gasteiger partial charge in [-0.25, -0.2) is 4.79 Å². The summed E-state index contributed by atoms with van der Waals surface area (Å²) < 4.78 is 0. The second-order valence-electron chi connectivity index (χ2n) is 5.53. The Morgan fingerprint density at radius 3 is 2.41 bits per heavy atom.